The Labute approximate surface area is 140 Å². The van der Waals surface area contributed by atoms with Gasteiger partial charge in [-0.05, 0) is 30.5 Å². The summed E-state index contributed by atoms with van der Waals surface area (Å²) in [5.41, 5.74) is 3.40. The first-order valence-electron chi connectivity index (χ1n) is 8.00. The van der Waals surface area contributed by atoms with Crippen molar-refractivity contribution >= 4 is 16.9 Å². The third kappa shape index (κ3) is 2.62. The molecule has 124 valence electrons. The summed E-state index contributed by atoms with van der Waals surface area (Å²) in [4.78, 5) is 19.2. The van der Waals surface area contributed by atoms with Crippen molar-refractivity contribution in [2.24, 2.45) is 0 Å². The van der Waals surface area contributed by atoms with Crippen LogP contribution in [0.3, 0.4) is 0 Å². The zero-order chi connectivity index (χ0) is 17.3. The third-order valence-electron chi connectivity index (χ3n) is 4.02. The number of aromatic amines is 1. The minimum atomic E-state index is -0.998. The molecule has 0 atom stereocenters. The number of aromatic carboxylic acids is 1. The summed E-state index contributed by atoms with van der Waals surface area (Å²) in [7, 11) is 0. The van der Waals surface area contributed by atoms with Crippen LogP contribution in [-0.4, -0.2) is 27.7 Å². The molecule has 0 aliphatic rings. The number of benzene rings is 1. The van der Waals surface area contributed by atoms with Crippen molar-refractivity contribution in [1.29, 1.82) is 0 Å². The van der Waals surface area contributed by atoms with Gasteiger partial charge in [0.2, 0.25) is 5.88 Å². The van der Waals surface area contributed by atoms with E-state index in [9.17, 15) is 9.90 Å². The second-order valence-corrected chi connectivity index (χ2v) is 5.89. The fourth-order valence-corrected chi connectivity index (χ4v) is 2.99. The second-order valence-electron chi connectivity index (χ2n) is 5.89. The number of rotatable bonds is 5. The second kappa shape index (κ2) is 6.35. The molecule has 2 N–H and O–H groups in total. The number of carboxylic acids is 1. The fourth-order valence-electron chi connectivity index (χ4n) is 2.99. The normalized spacial score (nSPS) is 11.2. The molecule has 0 aliphatic heterocycles. The maximum absolute atomic E-state index is 11.8. The van der Waals surface area contributed by atoms with Crippen molar-refractivity contribution in [3.63, 3.8) is 0 Å². The van der Waals surface area contributed by atoms with Gasteiger partial charge in [0.25, 0.3) is 0 Å². The minimum absolute atomic E-state index is 0.159. The molecule has 5 nitrogen and oxygen atoms in total. The van der Waals surface area contributed by atoms with Crippen LogP contribution < -0.4 is 4.74 Å². The highest BCUT2D eigenvalue weighted by Crippen LogP contribution is 2.39. The Bertz CT molecular complexity index is 897. The molecule has 5 heteroatoms. The molecule has 0 amide bonds. The molecule has 0 bridgehead atoms. The van der Waals surface area contributed by atoms with Gasteiger partial charge in [0, 0.05) is 22.7 Å². The maximum atomic E-state index is 11.8. The average molecular weight is 324 g/mol. The largest absolute Gasteiger partial charge is 0.478 e. The zero-order valence-electron chi connectivity index (χ0n) is 14.0. The van der Waals surface area contributed by atoms with E-state index in [2.05, 4.69) is 23.8 Å². The lowest BCUT2D eigenvalue weighted by Crippen LogP contribution is -2.01. The highest BCUT2D eigenvalue weighted by Gasteiger charge is 2.23. The van der Waals surface area contributed by atoms with Crippen LogP contribution >= 0.6 is 0 Å². The number of H-pyrrole nitrogens is 1. The van der Waals surface area contributed by atoms with Crippen LogP contribution in [0, 0.1) is 0 Å². The number of para-hydroxylation sites is 1. The molecule has 0 saturated carbocycles. The molecule has 24 heavy (non-hydrogen) atoms. The van der Waals surface area contributed by atoms with Crippen molar-refractivity contribution in [3.8, 4) is 17.0 Å². The number of aromatic nitrogens is 2. The van der Waals surface area contributed by atoms with Crippen molar-refractivity contribution < 1.29 is 14.6 Å². The molecule has 0 unspecified atom stereocenters. The van der Waals surface area contributed by atoms with Gasteiger partial charge in [0.15, 0.2) is 0 Å². The van der Waals surface area contributed by atoms with E-state index in [1.807, 2.05) is 31.2 Å². The van der Waals surface area contributed by atoms with Gasteiger partial charge in [0.05, 0.1) is 12.1 Å². The van der Waals surface area contributed by atoms with Crippen LogP contribution in [0.4, 0.5) is 0 Å². The van der Waals surface area contributed by atoms with Gasteiger partial charge in [-0.2, -0.15) is 0 Å². The number of nitrogens with zero attached hydrogens (tertiary/aromatic N) is 1. The molecular weight excluding hydrogens is 304 g/mol. The molecule has 2 heterocycles. The standard InChI is InChI=1S/C19H20N2O3/c1-4-24-18-14(9-6-10-20-18)15-13-8-5-7-12(11(2)3)16(13)21-17(15)19(22)23/h5-11,21H,4H2,1-3H3,(H,22,23). The van der Waals surface area contributed by atoms with Gasteiger partial charge < -0.3 is 14.8 Å². The Kier molecular flexibility index (Phi) is 4.25. The lowest BCUT2D eigenvalue weighted by atomic mass is 9.97. The summed E-state index contributed by atoms with van der Waals surface area (Å²) < 4.78 is 5.60. The average Bonchev–Trinajstić information content (AvgIpc) is 2.95. The topological polar surface area (TPSA) is 75.2 Å². The Balaban J connectivity index is 2.37. The quantitative estimate of drug-likeness (QED) is 0.727. The Morgan fingerprint density at radius 2 is 2.08 bits per heavy atom. The molecule has 3 rings (SSSR count). The van der Waals surface area contributed by atoms with E-state index in [0.717, 1.165) is 16.5 Å². The van der Waals surface area contributed by atoms with Crippen LogP contribution in [0.15, 0.2) is 36.5 Å². The van der Waals surface area contributed by atoms with E-state index in [0.29, 0.717) is 23.6 Å². The number of carbonyl (C=O) groups is 1. The molecule has 0 radical (unpaired) electrons. The lowest BCUT2D eigenvalue weighted by molar-refractivity contribution is 0.0692. The Morgan fingerprint density at radius 1 is 1.29 bits per heavy atom. The predicted octanol–water partition coefficient (Wildman–Crippen LogP) is 4.45. The van der Waals surface area contributed by atoms with Crippen molar-refractivity contribution in [2.75, 3.05) is 6.61 Å². The summed E-state index contributed by atoms with van der Waals surface area (Å²) in [5, 5.41) is 10.6. The summed E-state index contributed by atoms with van der Waals surface area (Å²) in [6.07, 6.45) is 1.64. The summed E-state index contributed by atoms with van der Waals surface area (Å²) in [6, 6.07) is 9.54. The molecule has 0 saturated heterocycles. The monoisotopic (exact) mass is 324 g/mol. The minimum Gasteiger partial charge on any atom is -0.478 e. The van der Waals surface area contributed by atoms with E-state index in [1.54, 1.807) is 12.3 Å². The predicted molar refractivity (Wildman–Crippen MR) is 93.7 cm³/mol. The summed E-state index contributed by atoms with van der Waals surface area (Å²) >= 11 is 0. The molecule has 3 aromatic rings. The van der Waals surface area contributed by atoms with Gasteiger partial charge in [0.1, 0.15) is 5.69 Å². The Morgan fingerprint density at radius 3 is 2.75 bits per heavy atom. The van der Waals surface area contributed by atoms with Gasteiger partial charge in [-0.15, -0.1) is 0 Å². The smallest absolute Gasteiger partial charge is 0.352 e. The molecule has 0 fully saturated rings. The van der Waals surface area contributed by atoms with Gasteiger partial charge in [-0.25, -0.2) is 9.78 Å². The molecule has 0 spiro atoms. The molecule has 0 aliphatic carbocycles. The molecule has 2 aromatic heterocycles. The van der Waals surface area contributed by atoms with E-state index in [-0.39, 0.29) is 11.6 Å². The fraction of sp³-hybridized carbons (Fsp3) is 0.263. The maximum Gasteiger partial charge on any atom is 0.352 e. The summed E-state index contributed by atoms with van der Waals surface area (Å²) in [6.45, 7) is 6.52. The van der Waals surface area contributed by atoms with Crippen LogP contribution in [-0.2, 0) is 0 Å². The van der Waals surface area contributed by atoms with Crippen molar-refractivity contribution in [1.82, 2.24) is 9.97 Å². The number of ether oxygens (including phenoxy) is 1. The van der Waals surface area contributed by atoms with Crippen LogP contribution in [0.2, 0.25) is 0 Å². The molecular formula is C19H20N2O3. The number of hydrogen-bond acceptors (Lipinski definition) is 3. The number of fused-ring (bicyclic) bond motifs is 1. The number of pyridine rings is 1. The highest BCUT2D eigenvalue weighted by molar-refractivity contribution is 6.09. The van der Waals surface area contributed by atoms with E-state index < -0.39 is 5.97 Å². The van der Waals surface area contributed by atoms with Crippen LogP contribution in [0.1, 0.15) is 42.7 Å². The third-order valence-corrected chi connectivity index (χ3v) is 4.02. The van der Waals surface area contributed by atoms with E-state index in [4.69, 9.17) is 4.74 Å². The number of nitrogens with one attached hydrogen (secondary N) is 1. The van der Waals surface area contributed by atoms with Gasteiger partial charge in [-0.3, -0.25) is 0 Å². The van der Waals surface area contributed by atoms with E-state index in [1.165, 1.54) is 0 Å². The SMILES string of the molecule is CCOc1ncccc1-c1c(C(=O)O)[nH]c2c(C(C)C)cccc12. The lowest BCUT2D eigenvalue weighted by Gasteiger charge is -2.10. The van der Waals surface area contributed by atoms with E-state index >= 15 is 0 Å². The van der Waals surface area contributed by atoms with Crippen LogP contribution in [0.25, 0.3) is 22.0 Å². The van der Waals surface area contributed by atoms with Crippen molar-refractivity contribution in [2.45, 2.75) is 26.7 Å². The van der Waals surface area contributed by atoms with Crippen LogP contribution in [0.5, 0.6) is 5.88 Å². The number of hydrogen-bond donors (Lipinski definition) is 2. The number of carboxylic acid groups (broad SMARTS) is 1. The Hall–Kier alpha value is -2.82. The summed E-state index contributed by atoms with van der Waals surface area (Å²) in [5.74, 6) is -0.275. The first-order chi connectivity index (χ1) is 11.5. The first-order valence-corrected chi connectivity index (χ1v) is 8.00. The highest BCUT2D eigenvalue weighted by atomic mass is 16.5. The molecule has 1 aromatic carbocycles. The zero-order valence-corrected chi connectivity index (χ0v) is 14.0. The van der Waals surface area contributed by atoms with Gasteiger partial charge >= 0.3 is 5.97 Å². The first kappa shape index (κ1) is 16.1. The van der Waals surface area contributed by atoms with Gasteiger partial charge in [-0.1, -0.05) is 32.0 Å². The van der Waals surface area contributed by atoms with Crippen molar-refractivity contribution in [3.05, 3.63) is 47.8 Å².